The Morgan fingerprint density at radius 2 is 2.38 bits per heavy atom. The lowest BCUT2D eigenvalue weighted by atomic mass is 10.1. The number of aromatic nitrogens is 2. The number of hydrogen-bond acceptors (Lipinski definition) is 5. The van der Waals surface area contributed by atoms with Crippen molar-refractivity contribution in [2.75, 3.05) is 18.0 Å². The second kappa shape index (κ2) is 3.33. The molecule has 5 heteroatoms. The van der Waals surface area contributed by atoms with Gasteiger partial charge in [-0.05, 0) is 12.8 Å². The van der Waals surface area contributed by atoms with E-state index >= 15 is 0 Å². The third kappa shape index (κ3) is 1.80. The van der Waals surface area contributed by atoms with Gasteiger partial charge in [0.05, 0.1) is 6.10 Å². The van der Waals surface area contributed by atoms with Crippen molar-refractivity contribution in [3.63, 3.8) is 0 Å². The van der Waals surface area contributed by atoms with Gasteiger partial charge in [0.1, 0.15) is 0 Å². The van der Waals surface area contributed by atoms with Crippen LogP contribution in [0.1, 0.15) is 18.7 Å². The fourth-order valence-electron chi connectivity index (χ4n) is 1.54. The largest absolute Gasteiger partial charge is 0.408 e. The summed E-state index contributed by atoms with van der Waals surface area (Å²) >= 11 is 0. The number of aliphatic hydroxyl groups is 1. The molecule has 0 spiro atoms. The number of β-amino-alcohol motifs (C(OH)–C–C–N with tert-alkyl or cyclic N) is 1. The highest BCUT2D eigenvalue weighted by molar-refractivity contribution is 5.25. The van der Waals surface area contributed by atoms with Crippen LogP contribution in [0.5, 0.6) is 0 Å². The monoisotopic (exact) mass is 183 g/mol. The zero-order valence-corrected chi connectivity index (χ0v) is 7.60. The fourth-order valence-corrected chi connectivity index (χ4v) is 1.54. The number of rotatable bonds is 1. The normalized spacial score (nSPS) is 23.5. The minimum Gasteiger partial charge on any atom is -0.408 e. The first-order valence-corrected chi connectivity index (χ1v) is 4.49. The van der Waals surface area contributed by atoms with Crippen LogP contribution in [-0.4, -0.2) is 34.5 Å². The smallest absolute Gasteiger partial charge is 0.318 e. The first-order valence-electron chi connectivity index (χ1n) is 4.49. The van der Waals surface area contributed by atoms with Crippen molar-refractivity contribution in [3.8, 4) is 0 Å². The van der Waals surface area contributed by atoms with Crippen molar-refractivity contribution in [3.05, 3.63) is 5.89 Å². The minimum atomic E-state index is -0.263. The lowest BCUT2D eigenvalue weighted by molar-refractivity contribution is 0.151. The molecule has 1 aromatic heterocycles. The molecule has 2 rings (SSSR count). The van der Waals surface area contributed by atoms with Crippen LogP contribution in [0.3, 0.4) is 0 Å². The second-order valence-corrected chi connectivity index (χ2v) is 3.35. The Morgan fingerprint density at radius 1 is 1.54 bits per heavy atom. The van der Waals surface area contributed by atoms with Crippen LogP contribution in [0.25, 0.3) is 0 Å². The lowest BCUT2D eigenvalue weighted by Crippen LogP contribution is -2.38. The van der Waals surface area contributed by atoms with E-state index in [1.807, 2.05) is 4.90 Å². The molecule has 5 nitrogen and oxygen atoms in total. The maximum atomic E-state index is 9.42. The SMILES string of the molecule is Cc1nnc(N2CCC[C@H](O)C2)o1. The molecular weight excluding hydrogens is 170 g/mol. The van der Waals surface area contributed by atoms with Gasteiger partial charge in [-0.3, -0.25) is 0 Å². The third-order valence-electron chi connectivity index (χ3n) is 2.18. The molecule has 0 amide bonds. The van der Waals surface area contributed by atoms with Gasteiger partial charge in [0.25, 0.3) is 0 Å². The molecule has 0 radical (unpaired) electrons. The molecule has 1 aliphatic heterocycles. The fraction of sp³-hybridized carbons (Fsp3) is 0.750. The van der Waals surface area contributed by atoms with Crippen molar-refractivity contribution < 1.29 is 9.52 Å². The predicted octanol–water partition coefficient (Wildman–Crippen LogP) is 0.339. The molecule has 0 bridgehead atoms. The first-order chi connectivity index (χ1) is 6.25. The van der Waals surface area contributed by atoms with E-state index in [0.717, 1.165) is 19.4 Å². The van der Waals surface area contributed by atoms with E-state index in [1.54, 1.807) is 6.92 Å². The highest BCUT2D eigenvalue weighted by Crippen LogP contribution is 2.17. The summed E-state index contributed by atoms with van der Waals surface area (Å²) in [7, 11) is 0. The van der Waals surface area contributed by atoms with Crippen molar-refractivity contribution in [2.45, 2.75) is 25.9 Å². The van der Waals surface area contributed by atoms with E-state index in [2.05, 4.69) is 10.2 Å². The Hall–Kier alpha value is -1.10. The highest BCUT2D eigenvalue weighted by Gasteiger charge is 2.21. The molecule has 13 heavy (non-hydrogen) atoms. The van der Waals surface area contributed by atoms with Gasteiger partial charge in [-0.1, -0.05) is 5.10 Å². The van der Waals surface area contributed by atoms with Gasteiger partial charge < -0.3 is 14.4 Å². The van der Waals surface area contributed by atoms with E-state index in [-0.39, 0.29) is 6.10 Å². The summed E-state index contributed by atoms with van der Waals surface area (Å²) < 4.78 is 5.26. The molecule has 0 aromatic carbocycles. The molecule has 0 aliphatic carbocycles. The number of nitrogens with zero attached hydrogens (tertiary/aromatic N) is 3. The minimum absolute atomic E-state index is 0.263. The third-order valence-corrected chi connectivity index (χ3v) is 2.18. The number of hydrogen-bond donors (Lipinski definition) is 1. The summed E-state index contributed by atoms with van der Waals surface area (Å²) in [5.41, 5.74) is 0. The van der Waals surface area contributed by atoms with Crippen molar-refractivity contribution in [1.29, 1.82) is 0 Å². The molecule has 1 aliphatic rings. The van der Waals surface area contributed by atoms with Gasteiger partial charge in [-0.25, -0.2) is 0 Å². The van der Waals surface area contributed by atoms with Crippen molar-refractivity contribution in [2.24, 2.45) is 0 Å². The zero-order valence-electron chi connectivity index (χ0n) is 7.60. The number of aliphatic hydroxyl groups excluding tert-OH is 1. The van der Waals surface area contributed by atoms with Crippen LogP contribution in [-0.2, 0) is 0 Å². The quantitative estimate of drug-likeness (QED) is 0.680. The Kier molecular flexibility index (Phi) is 2.18. The molecule has 72 valence electrons. The van der Waals surface area contributed by atoms with Crippen LogP contribution < -0.4 is 4.90 Å². The Balaban J connectivity index is 2.08. The summed E-state index contributed by atoms with van der Waals surface area (Å²) in [5, 5.41) is 17.1. The molecule has 1 N–H and O–H groups in total. The Morgan fingerprint density at radius 3 is 3.00 bits per heavy atom. The number of piperidine rings is 1. The molecular formula is C8H13N3O2. The predicted molar refractivity (Wildman–Crippen MR) is 46.5 cm³/mol. The van der Waals surface area contributed by atoms with Gasteiger partial charge in [0.2, 0.25) is 5.89 Å². The Bertz CT molecular complexity index is 287. The average molecular weight is 183 g/mol. The van der Waals surface area contributed by atoms with Crippen LogP contribution in [0.4, 0.5) is 6.01 Å². The van der Waals surface area contributed by atoms with Crippen molar-refractivity contribution in [1.82, 2.24) is 10.2 Å². The molecule has 0 unspecified atom stereocenters. The topological polar surface area (TPSA) is 62.4 Å². The lowest BCUT2D eigenvalue weighted by Gasteiger charge is -2.28. The second-order valence-electron chi connectivity index (χ2n) is 3.35. The average Bonchev–Trinajstić information content (AvgIpc) is 2.52. The van der Waals surface area contributed by atoms with Crippen LogP contribution >= 0.6 is 0 Å². The maximum Gasteiger partial charge on any atom is 0.318 e. The van der Waals surface area contributed by atoms with Crippen LogP contribution in [0.2, 0.25) is 0 Å². The van der Waals surface area contributed by atoms with E-state index < -0.39 is 0 Å². The van der Waals surface area contributed by atoms with Gasteiger partial charge in [0.15, 0.2) is 0 Å². The van der Waals surface area contributed by atoms with Gasteiger partial charge in [-0.2, -0.15) is 0 Å². The number of anilines is 1. The molecule has 2 heterocycles. The zero-order chi connectivity index (χ0) is 9.26. The summed E-state index contributed by atoms with van der Waals surface area (Å²) in [4.78, 5) is 1.92. The van der Waals surface area contributed by atoms with E-state index in [4.69, 9.17) is 4.42 Å². The standard InChI is InChI=1S/C8H13N3O2/c1-6-9-10-8(13-6)11-4-2-3-7(12)5-11/h7,12H,2-5H2,1H3/t7-/m0/s1. The van der Waals surface area contributed by atoms with E-state index in [0.29, 0.717) is 18.5 Å². The summed E-state index contributed by atoms with van der Waals surface area (Å²) in [6, 6.07) is 0.524. The van der Waals surface area contributed by atoms with E-state index in [9.17, 15) is 5.11 Å². The van der Waals surface area contributed by atoms with Gasteiger partial charge in [-0.15, -0.1) is 5.10 Å². The van der Waals surface area contributed by atoms with Crippen molar-refractivity contribution >= 4 is 6.01 Å². The number of aryl methyl sites for hydroxylation is 1. The van der Waals surface area contributed by atoms with Gasteiger partial charge >= 0.3 is 6.01 Å². The summed E-state index contributed by atoms with van der Waals surface area (Å²) in [5.74, 6) is 0.565. The molecule has 0 saturated carbocycles. The molecule has 1 aromatic rings. The molecule has 1 fully saturated rings. The van der Waals surface area contributed by atoms with E-state index in [1.165, 1.54) is 0 Å². The Labute approximate surface area is 76.4 Å². The summed E-state index contributed by atoms with van der Waals surface area (Å²) in [6.07, 6.45) is 1.58. The van der Waals surface area contributed by atoms with Crippen LogP contribution in [0.15, 0.2) is 4.42 Å². The first kappa shape index (κ1) is 8.50. The van der Waals surface area contributed by atoms with Crippen LogP contribution in [0, 0.1) is 6.92 Å². The van der Waals surface area contributed by atoms with Gasteiger partial charge in [0, 0.05) is 20.0 Å². The molecule has 1 atom stereocenters. The summed E-state index contributed by atoms with van der Waals surface area (Å²) in [6.45, 7) is 3.25. The molecule has 1 saturated heterocycles. The highest BCUT2D eigenvalue weighted by atomic mass is 16.4. The maximum absolute atomic E-state index is 9.42.